The Kier molecular flexibility index (Phi) is 8.14. The van der Waals surface area contributed by atoms with Crippen LogP contribution in [0.25, 0.3) is 0 Å². The maximum absolute atomic E-state index is 12.9. The summed E-state index contributed by atoms with van der Waals surface area (Å²) in [7, 11) is 1.64. The first kappa shape index (κ1) is 16.2. The summed E-state index contributed by atoms with van der Waals surface area (Å²) in [4.78, 5) is 4.32. The van der Waals surface area contributed by atoms with Crippen molar-refractivity contribution in [3.8, 4) is 5.75 Å². The SMILES string of the molecule is CCNC(=NCCOC)NCCOc1cccc(F)c1. The van der Waals surface area contributed by atoms with Gasteiger partial charge in [0.2, 0.25) is 0 Å². The van der Waals surface area contributed by atoms with Crippen LogP contribution in [-0.4, -0.2) is 45.9 Å². The Hall–Kier alpha value is -1.82. The van der Waals surface area contributed by atoms with Gasteiger partial charge in [-0.15, -0.1) is 0 Å². The van der Waals surface area contributed by atoms with Crippen LogP contribution in [0.15, 0.2) is 29.3 Å². The van der Waals surface area contributed by atoms with E-state index in [4.69, 9.17) is 9.47 Å². The van der Waals surface area contributed by atoms with Gasteiger partial charge in [-0.1, -0.05) is 6.07 Å². The van der Waals surface area contributed by atoms with Gasteiger partial charge in [0.25, 0.3) is 0 Å². The number of guanidine groups is 1. The van der Waals surface area contributed by atoms with E-state index in [0.717, 1.165) is 6.54 Å². The monoisotopic (exact) mass is 283 g/mol. The molecule has 1 aromatic rings. The molecule has 0 aromatic heterocycles. The molecule has 0 spiro atoms. The number of hydrogen-bond donors (Lipinski definition) is 2. The molecule has 0 aliphatic heterocycles. The standard InChI is InChI=1S/C14H22FN3O2/c1-3-16-14(17-7-9-19-2)18-8-10-20-13-6-4-5-12(15)11-13/h4-6,11H,3,7-10H2,1-2H3,(H2,16,17,18). The number of ether oxygens (including phenoxy) is 2. The van der Waals surface area contributed by atoms with Crippen molar-refractivity contribution in [2.24, 2.45) is 4.99 Å². The van der Waals surface area contributed by atoms with Crippen LogP contribution >= 0.6 is 0 Å². The molecule has 0 unspecified atom stereocenters. The molecule has 5 nitrogen and oxygen atoms in total. The summed E-state index contributed by atoms with van der Waals surface area (Å²) in [5.74, 6) is 0.936. The zero-order valence-electron chi connectivity index (χ0n) is 12.0. The molecular weight excluding hydrogens is 261 g/mol. The fraction of sp³-hybridized carbons (Fsp3) is 0.500. The highest BCUT2D eigenvalue weighted by atomic mass is 19.1. The average Bonchev–Trinajstić information content (AvgIpc) is 2.44. The predicted octanol–water partition coefficient (Wildman–Crippen LogP) is 1.41. The quantitative estimate of drug-likeness (QED) is 0.430. The Labute approximate surface area is 119 Å². The first-order valence-electron chi connectivity index (χ1n) is 6.65. The minimum absolute atomic E-state index is 0.301. The van der Waals surface area contributed by atoms with Crippen molar-refractivity contribution < 1.29 is 13.9 Å². The van der Waals surface area contributed by atoms with Gasteiger partial charge in [0.1, 0.15) is 18.2 Å². The van der Waals surface area contributed by atoms with Gasteiger partial charge < -0.3 is 20.1 Å². The fourth-order valence-corrected chi connectivity index (χ4v) is 1.49. The Balaban J connectivity index is 2.27. The van der Waals surface area contributed by atoms with Crippen LogP contribution in [0.5, 0.6) is 5.75 Å². The summed E-state index contributed by atoms with van der Waals surface area (Å²) in [5.41, 5.74) is 0. The van der Waals surface area contributed by atoms with Gasteiger partial charge in [0, 0.05) is 19.7 Å². The highest BCUT2D eigenvalue weighted by molar-refractivity contribution is 5.79. The summed E-state index contributed by atoms with van der Waals surface area (Å²) in [6.07, 6.45) is 0. The molecule has 0 bridgehead atoms. The highest BCUT2D eigenvalue weighted by Gasteiger charge is 1.98. The highest BCUT2D eigenvalue weighted by Crippen LogP contribution is 2.11. The summed E-state index contributed by atoms with van der Waals surface area (Å²) in [5, 5.41) is 6.25. The van der Waals surface area contributed by atoms with E-state index in [0.29, 0.717) is 38.0 Å². The van der Waals surface area contributed by atoms with E-state index in [9.17, 15) is 4.39 Å². The molecule has 0 atom stereocenters. The second-order valence-electron chi connectivity index (χ2n) is 3.99. The van der Waals surface area contributed by atoms with Gasteiger partial charge >= 0.3 is 0 Å². The molecule has 1 aromatic carbocycles. The molecular formula is C14H22FN3O2. The molecule has 0 saturated carbocycles. The number of methoxy groups -OCH3 is 1. The Morgan fingerprint density at radius 3 is 2.85 bits per heavy atom. The van der Waals surface area contributed by atoms with Crippen LogP contribution in [-0.2, 0) is 4.74 Å². The average molecular weight is 283 g/mol. The van der Waals surface area contributed by atoms with E-state index in [2.05, 4.69) is 15.6 Å². The summed E-state index contributed by atoms with van der Waals surface area (Å²) in [6.45, 7) is 4.96. The summed E-state index contributed by atoms with van der Waals surface area (Å²) >= 11 is 0. The van der Waals surface area contributed by atoms with E-state index in [-0.39, 0.29) is 5.82 Å². The smallest absolute Gasteiger partial charge is 0.191 e. The van der Waals surface area contributed by atoms with Crippen molar-refractivity contribution >= 4 is 5.96 Å². The van der Waals surface area contributed by atoms with Crippen LogP contribution < -0.4 is 15.4 Å². The second-order valence-corrected chi connectivity index (χ2v) is 3.99. The van der Waals surface area contributed by atoms with Crippen molar-refractivity contribution in [1.82, 2.24) is 10.6 Å². The topological polar surface area (TPSA) is 54.9 Å². The lowest BCUT2D eigenvalue weighted by Crippen LogP contribution is -2.39. The van der Waals surface area contributed by atoms with E-state index >= 15 is 0 Å². The maximum atomic E-state index is 12.9. The van der Waals surface area contributed by atoms with Crippen molar-refractivity contribution in [2.75, 3.05) is 40.0 Å². The normalized spacial score (nSPS) is 11.2. The number of benzene rings is 1. The van der Waals surface area contributed by atoms with Gasteiger partial charge in [-0.05, 0) is 19.1 Å². The lowest BCUT2D eigenvalue weighted by Gasteiger charge is -2.12. The lowest BCUT2D eigenvalue weighted by atomic mass is 10.3. The van der Waals surface area contributed by atoms with Crippen molar-refractivity contribution in [3.05, 3.63) is 30.1 Å². The summed E-state index contributed by atoms with van der Waals surface area (Å²) < 4.78 is 23.3. The molecule has 0 fully saturated rings. The number of nitrogens with one attached hydrogen (secondary N) is 2. The molecule has 0 amide bonds. The maximum Gasteiger partial charge on any atom is 0.191 e. The number of halogens is 1. The minimum Gasteiger partial charge on any atom is -0.492 e. The molecule has 1 rings (SSSR count). The molecule has 0 saturated heterocycles. The minimum atomic E-state index is -0.301. The van der Waals surface area contributed by atoms with Crippen LogP contribution in [0.3, 0.4) is 0 Å². The predicted molar refractivity (Wildman–Crippen MR) is 77.8 cm³/mol. The van der Waals surface area contributed by atoms with Gasteiger partial charge in [-0.2, -0.15) is 0 Å². The van der Waals surface area contributed by atoms with Gasteiger partial charge in [0.15, 0.2) is 5.96 Å². The van der Waals surface area contributed by atoms with E-state index in [1.165, 1.54) is 12.1 Å². The first-order chi connectivity index (χ1) is 9.76. The zero-order chi connectivity index (χ0) is 14.6. The van der Waals surface area contributed by atoms with E-state index in [1.54, 1.807) is 19.2 Å². The Morgan fingerprint density at radius 1 is 1.30 bits per heavy atom. The van der Waals surface area contributed by atoms with Crippen LogP contribution in [0, 0.1) is 5.82 Å². The molecule has 0 radical (unpaired) electrons. The van der Waals surface area contributed by atoms with Crippen molar-refractivity contribution in [3.63, 3.8) is 0 Å². The molecule has 0 heterocycles. The summed E-state index contributed by atoms with van der Waals surface area (Å²) in [6, 6.07) is 6.09. The van der Waals surface area contributed by atoms with E-state index < -0.39 is 0 Å². The van der Waals surface area contributed by atoms with Crippen LogP contribution in [0.1, 0.15) is 6.92 Å². The largest absolute Gasteiger partial charge is 0.492 e. The first-order valence-corrected chi connectivity index (χ1v) is 6.65. The number of aliphatic imine (C=N–C) groups is 1. The molecule has 0 aliphatic rings. The number of rotatable bonds is 8. The number of hydrogen-bond acceptors (Lipinski definition) is 3. The third-order valence-electron chi connectivity index (χ3n) is 2.37. The molecule has 2 N–H and O–H groups in total. The lowest BCUT2D eigenvalue weighted by molar-refractivity contribution is 0.208. The van der Waals surface area contributed by atoms with Gasteiger partial charge in [-0.25, -0.2) is 4.39 Å². The van der Waals surface area contributed by atoms with Gasteiger partial charge in [-0.3, -0.25) is 4.99 Å². The molecule has 6 heteroatoms. The molecule has 20 heavy (non-hydrogen) atoms. The Morgan fingerprint density at radius 2 is 2.15 bits per heavy atom. The van der Waals surface area contributed by atoms with Crippen molar-refractivity contribution in [1.29, 1.82) is 0 Å². The second kappa shape index (κ2) is 10.0. The third kappa shape index (κ3) is 6.94. The van der Waals surface area contributed by atoms with Crippen LogP contribution in [0.2, 0.25) is 0 Å². The Bertz CT molecular complexity index is 413. The molecule has 112 valence electrons. The fourth-order valence-electron chi connectivity index (χ4n) is 1.49. The van der Waals surface area contributed by atoms with E-state index in [1.807, 2.05) is 6.92 Å². The van der Waals surface area contributed by atoms with Crippen LogP contribution in [0.4, 0.5) is 4.39 Å². The van der Waals surface area contributed by atoms with Gasteiger partial charge in [0.05, 0.1) is 19.7 Å². The van der Waals surface area contributed by atoms with Crippen molar-refractivity contribution in [2.45, 2.75) is 6.92 Å². The third-order valence-corrected chi connectivity index (χ3v) is 2.37. The zero-order valence-corrected chi connectivity index (χ0v) is 12.0. The molecule has 0 aliphatic carbocycles. The number of nitrogens with zero attached hydrogens (tertiary/aromatic N) is 1.